The number of benzene rings is 2. The molecule has 1 aromatic heterocycles. The lowest BCUT2D eigenvalue weighted by Gasteiger charge is -2.17. The lowest BCUT2D eigenvalue weighted by atomic mass is 10.0. The highest BCUT2D eigenvalue weighted by molar-refractivity contribution is 7.13. The molecule has 0 aliphatic carbocycles. The first-order valence-corrected chi connectivity index (χ1v) is 9.55. The predicted molar refractivity (Wildman–Crippen MR) is 106 cm³/mol. The Kier molecular flexibility index (Phi) is 6.11. The van der Waals surface area contributed by atoms with Gasteiger partial charge in [-0.1, -0.05) is 47.5 Å². The number of carboxylic acids is 1. The van der Waals surface area contributed by atoms with Crippen molar-refractivity contribution in [2.24, 2.45) is 0 Å². The second kappa shape index (κ2) is 8.52. The second-order valence-electron chi connectivity index (χ2n) is 5.72. The molecule has 0 saturated carbocycles. The molecule has 0 fully saturated rings. The molecule has 1 atom stereocenters. The van der Waals surface area contributed by atoms with Crippen LogP contribution in [-0.4, -0.2) is 22.0 Å². The Balaban J connectivity index is 1.79. The smallest absolute Gasteiger partial charge is 0.305 e. The summed E-state index contributed by atoms with van der Waals surface area (Å²) in [6.45, 7) is 0. The fourth-order valence-electron chi connectivity index (χ4n) is 2.49. The molecule has 2 aromatic carbocycles. The zero-order valence-electron chi connectivity index (χ0n) is 13.9. The lowest BCUT2D eigenvalue weighted by molar-refractivity contribution is -0.137. The van der Waals surface area contributed by atoms with Gasteiger partial charge in [-0.2, -0.15) is 0 Å². The molecule has 0 unspecified atom stereocenters. The number of carbonyl (C=O) groups excluding carboxylic acids is 1. The Hall–Kier alpha value is -2.41. The Morgan fingerprint density at radius 3 is 2.52 bits per heavy atom. The normalized spacial score (nSPS) is 11.8. The van der Waals surface area contributed by atoms with Gasteiger partial charge in [0.1, 0.15) is 10.7 Å². The summed E-state index contributed by atoms with van der Waals surface area (Å²) < 4.78 is 0. The quantitative estimate of drug-likeness (QED) is 0.583. The topological polar surface area (TPSA) is 79.3 Å². The molecule has 0 aliphatic heterocycles. The van der Waals surface area contributed by atoms with E-state index in [4.69, 9.17) is 28.3 Å². The number of aromatic nitrogens is 1. The average molecular weight is 421 g/mol. The summed E-state index contributed by atoms with van der Waals surface area (Å²) in [5, 5.41) is 15.3. The minimum absolute atomic E-state index is 0.224. The van der Waals surface area contributed by atoms with E-state index in [0.29, 0.717) is 20.6 Å². The van der Waals surface area contributed by atoms with Gasteiger partial charge in [-0.3, -0.25) is 9.59 Å². The molecule has 0 aliphatic rings. The van der Waals surface area contributed by atoms with Gasteiger partial charge in [-0.05, 0) is 29.8 Å². The van der Waals surface area contributed by atoms with E-state index in [1.54, 1.807) is 41.8 Å². The van der Waals surface area contributed by atoms with Crippen molar-refractivity contribution in [1.82, 2.24) is 10.3 Å². The van der Waals surface area contributed by atoms with Gasteiger partial charge in [-0.25, -0.2) is 4.98 Å². The van der Waals surface area contributed by atoms with Gasteiger partial charge in [0.25, 0.3) is 5.91 Å². The molecule has 3 rings (SSSR count). The molecular weight excluding hydrogens is 407 g/mol. The Labute approximate surface area is 169 Å². The monoisotopic (exact) mass is 420 g/mol. The summed E-state index contributed by atoms with van der Waals surface area (Å²) in [6.07, 6.45) is -0.264. The van der Waals surface area contributed by atoms with E-state index in [0.717, 1.165) is 5.56 Å². The maximum absolute atomic E-state index is 12.6. The first-order valence-electron chi connectivity index (χ1n) is 7.92. The Bertz CT molecular complexity index is 973. The fourth-order valence-corrected chi connectivity index (χ4v) is 3.62. The van der Waals surface area contributed by atoms with E-state index in [1.165, 1.54) is 11.3 Å². The summed E-state index contributed by atoms with van der Waals surface area (Å²) in [6, 6.07) is 13.2. The number of carboxylic acid groups (broad SMARTS) is 1. The van der Waals surface area contributed by atoms with Gasteiger partial charge in [0, 0.05) is 21.0 Å². The van der Waals surface area contributed by atoms with Crippen molar-refractivity contribution >= 4 is 46.4 Å². The van der Waals surface area contributed by atoms with Crippen molar-refractivity contribution in [2.45, 2.75) is 12.5 Å². The van der Waals surface area contributed by atoms with E-state index < -0.39 is 17.9 Å². The van der Waals surface area contributed by atoms with Crippen molar-refractivity contribution in [3.8, 4) is 10.6 Å². The maximum atomic E-state index is 12.6. The lowest BCUT2D eigenvalue weighted by Crippen LogP contribution is -2.30. The number of thiazole rings is 1. The van der Waals surface area contributed by atoms with Crippen molar-refractivity contribution in [1.29, 1.82) is 0 Å². The van der Waals surface area contributed by atoms with Crippen LogP contribution in [0.25, 0.3) is 10.6 Å². The molecule has 8 heteroatoms. The van der Waals surface area contributed by atoms with Crippen LogP contribution >= 0.6 is 34.5 Å². The van der Waals surface area contributed by atoms with Gasteiger partial charge in [0.15, 0.2) is 0 Å². The van der Waals surface area contributed by atoms with E-state index in [2.05, 4.69) is 10.3 Å². The van der Waals surface area contributed by atoms with Crippen LogP contribution in [0.5, 0.6) is 0 Å². The minimum atomic E-state index is -1.03. The number of hydrogen-bond acceptors (Lipinski definition) is 4. The zero-order valence-corrected chi connectivity index (χ0v) is 16.2. The molecule has 0 saturated heterocycles. The molecule has 2 N–H and O–H groups in total. The van der Waals surface area contributed by atoms with Crippen LogP contribution in [-0.2, 0) is 4.79 Å². The zero-order chi connectivity index (χ0) is 19.4. The molecule has 5 nitrogen and oxygen atoms in total. The average Bonchev–Trinajstić information content (AvgIpc) is 3.11. The fraction of sp³-hybridized carbons (Fsp3) is 0.105. The van der Waals surface area contributed by atoms with Crippen LogP contribution < -0.4 is 5.32 Å². The van der Waals surface area contributed by atoms with Crippen LogP contribution in [0.1, 0.15) is 28.5 Å². The molecule has 0 bridgehead atoms. The number of nitrogens with one attached hydrogen (secondary N) is 1. The second-order valence-corrected chi connectivity index (χ2v) is 7.45. The number of halogens is 2. The minimum Gasteiger partial charge on any atom is -0.481 e. The van der Waals surface area contributed by atoms with Crippen molar-refractivity contribution in [2.75, 3.05) is 0 Å². The molecule has 138 valence electrons. The third-order valence-corrected chi connectivity index (χ3v) is 5.14. The highest BCUT2D eigenvalue weighted by atomic mass is 35.5. The number of aliphatic carboxylic acids is 1. The first kappa shape index (κ1) is 19.4. The van der Waals surface area contributed by atoms with E-state index in [9.17, 15) is 9.59 Å². The molecular formula is C19H14Cl2N2O3S. The van der Waals surface area contributed by atoms with Crippen LogP contribution in [0.3, 0.4) is 0 Å². The Morgan fingerprint density at radius 1 is 1.11 bits per heavy atom. The van der Waals surface area contributed by atoms with Crippen molar-refractivity contribution in [3.05, 3.63) is 75.2 Å². The van der Waals surface area contributed by atoms with Gasteiger partial charge >= 0.3 is 5.97 Å². The van der Waals surface area contributed by atoms with Crippen molar-refractivity contribution < 1.29 is 14.7 Å². The van der Waals surface area contributed by atoms with Crippen LogP contribution in [0.15, 0.2) is 53.9 Å². The van der Waals surface area contributed by atoms with E-state index in [1.807, 2.05) is 12.1 Å². The molecule has 3 aromatic rings. The van der Waals surface area contributed by atoms with Gasteiger partial charge in [0.05, 0.1) is 12.5 Å². The SMILES string of the molecule is O=C(O)C[C@H](NC(=O)c1csc(-c2ccc(Cl)cc2)n1)c1cccc(Cl)c1. The number of hydrogen-bond donors (Lipinski definition) is 2. The predicted octanol–water partition coefficient (Wildman–Crippen LogP) is 5.06. The number of rotatable bonds is 6. The van der Waals surface area contributed by atoms with Gasteiger partial charge in [-0.15, -0.1) is 11.3 Å². The van der Waals surface area contributed by atoms with Gasteiger partial charge < -0.3 is 10.4 Å². The van der Waals surface area contributed by atoms with E-state index in [-0.39, 0.29) is 12.1 Å². The highest BCUT2D eigenvalue weighted by Gasteiger charge is 2.21. The summed E-state index contributed by atoms with van der Waals surface area (Å²) in [5.41, 5.74) is 1.69. The van der Waals surface area contributed by atoms with E-state index >= 15 is 0 Å². The summed E-state index contributed by atoms with van der Waals surface area (Å²) in [7, 11) is 0. The molecule has 27 heavy (non-hydrogen) atoms. The largest absolute Gasteiger partial charge is 0.481 e. The standard InChI is InChI=1S/C19H14Cl2N2O3S/c20-13-6-4-11(5-7-13)19-23-16(10-27-19)18(26)22-15(9-17(24)25)12-2-1-3-14(21)8-12/h1-8,10,15H,9H2,(H,22,26)(H,24,25)/t15-/m0/s1. The van der Waals surface area contributed by atoms with Crippen LogP contribution in [0.2, 0.25) is 10.0 Å². The number of nitrogens with zero attached hydrogens (tertiary/aromatic N) is 1. The summed E-state index contributed by atoms with van der Waals surface area (Å²) in [4.78, 5) is 28.1. The molecule has 0 radical (unpaired) electrons. The molecule has 1 amide bonds. The third-order valence-electron chi connectivity index (χ3n) is 3.76. The molecule has 1 heterocycles. The van der Waals surface area contributed by atoms with Gasteiger partial charge in [0.2, 0.25) is 0 Å². The summed E-state index contributed by atoms with van der Waals surface area (Å²) in [5.74, 6) is -1.47. The maximum Gasteiger partial charge on any atom is 0.305 e. The number of amides is 1. The third kappa shape index (κ3) is 5.07. The number of carbonyl (C=O) groups is 2. The Morgan fingerprint density at radius 2 is 1.85 bits per heavy atom. The summed E-state index contributed by atoms with van der Waals surface area (Å²) >= 11 is 13.2. The van der Waals surface area contributed by atoms with Crippen molar-refractivity contribution in [3.63, 3.8) is 0 Å². The highest BCUT2D eigenvalue weighted by Crippen LogP contribution is 2.26. The van der Waals surface area contributed by atoms with Crippen LogP contribution in [0.4, 0.5) is 0 Å². The molecule has 0 spiro atoms. The first-order chi connectivity index (χ1) is 12.9. The van der Waals surface area contributed by atoms with Crippen LogP contribution in [0, 0.1) is 0 Å².